The summed E-state index contributed by atoms with van der Waals surface area (Å²) in [6.45, 7) is 1.26. The molecule has 1 aliphatic rings. The fraction of sp³-hybridized carbons (Fsp3) is 0.188. The minimum atomic E-state index is -1.27. The first-order valence-corrected chi connectivity index (χ1v) is 14.6. The lowest BCUT2D eigenvalue weighted by Gasteiger charge is -2.16. The van der Waals surface area contributed by atoms with E-state index in [4.69, 9.17) is 9.47 Å². The number of halogens is 2. The van der Waals surface area contributed by atoms with Crippen molar-refractivity contribution < 1.29 is 27.8 Å². The molecule has 9 nitrogen and oxygen atoms in total. The van der Waals surface area contributed by atoms with Gasteiger partial charge in [0.05, 0.1) is 39.3 Å². The first-order valence-electron chi connectivity index (χ1n) is 13.8. The lowest BCUT2D eigenvalue weighted by Crippen LogP contribution is -2.35. The summed E-state index contributed by atoms with van der Waals surface area (Å²) in [6.07, 6.45) is 4.03. The van der Waals surface area contributed by atoms with Gasteiger partial charge in [0.15, 0.2) is 11.6 Å². The van der Waals surface area contributed by atoms with Gasteiger partial charge < -0.3 is 25.4 Å². The van der Waals surface area contributed by atoms with Crippen LogP contribution in [-0.4, -0.2) is 42.0 Å². The second kappa shape index (κ2) is 12.3. The van der Waals surface area contributed by atoms with Crippen molar-refractivity contribution in [2.24, 2.45) is 5.41 Å². The molecule has 0 unspecified atom stereocenters. The SMILES string of the molecule is COCCNc1ccc(-c2cc3nccc(Oc4ccc(NC(=O)C5(C(=O)Nc6ccc(F)cc6)CC5)cc4F)c3s2)nc1. The highest BCUT2D eigenvalue weighted by atomic mass is 32.1. The number of hydrogen-bond acceptors (Lipinski definition) is 8. The maximum absolute atomic E-state index is 15.2. The molecule has 44 heavy (non-hydrogen) atoms. The van der Waals surface area contributed by atoms with Crippen LogP contribution in [0.15, 0.2) is 79.1 Å². The number of hydrogen-bond donors (Lipinski definition) is 3. The van der Waals surface area contributed by atoms with Crippen LogP contribution in [0.4, 0.5) is 25.8 Å². The summed E-state index contributed by atoms with van der Waals surface area (Å²) in [4.78, 5) is 35.7. The topological polar surface area (TPSA) is 114 Å². The maximum Gasteiger partial charge on any atom is 0.240 e. The van der Waals surface area contributed by atoms with E-state index >= 15 is 4.39 Å². The van der Waals surface area contributed by atoms with E-state index in [2.05, 4.69) is 25.9 Å². The Hall–Kier alpha value is -4.94. The van der Waals surface area contributed by atoms with Crippen molar-refractivity contribution in [3.05, 3.63) is 90.8 Å². The van der Waals surface area contributed by atoms with Gasteiger partial charge in [0, 0.05) is 43.4 Å². The van der Waals surface area contributed by atoms with Crippen LogP contribution in [-0.2, 0) is 14.3 Å². The van der Waals surface area contributed by atoms with E-state index in [0.29, 0.717) is 42.9 Å². The summed E-state index contributed by atoms with van der Waals surface area (Å²) in [5.41, 5.74) is 1.63. The molecule has 0 radical (unpaired) electrons. The highest BCUT2D eigenvalue weighted by Crippen LogP contribution is 2.48. The number of pyridine rings is 2. The predicted octanol–water partition coefficient (Wildman–Crippen LogP) is 6.84. The smallest absolute Gasteiger partial charge is 0.240 e. The van der Waals surface area contributed by atoms with E-state index in [-0.39, 0.29) is 11.4 Å². The van der Waals surface area contributed by atoms with Crippen molar-refractivity contribution in [1.29, 1.82) is 0 Å². The Morgan fingerprint density at radius 1 is 0.886 bits per heavy atom. The van der Waals surface area contributed by atoms with Gasteiger partial charge in [-0.15, -0.1) is 11.3 Å². The zero-order chi connectivity index (χ0) is 30.7. The van der Waals surface area contributed by atoms with Crippen LogP contribution >= 0.6 is 11.3 Å². The largest absolute Gasteiger partial charge is 0.453 e. The third-order valence-electron chi connectivity index (χ3n) is 7.16. The lowest BCUT2D eigenvalue weighted by atomic mass is 10.0. The van der Waals surface area contributed by atoms with Crippen molar-refractivity contribution in [1.82, 2.24) is 9.97 Å². The van der Waals surface area contributed by atoms with Gasteiger partial charge in [0.2, 0.25) is 11.8 Å². The third-order valence-corrected chi connectivity index (χ3v) is 8.32. The highest BCUT2D eigenvalue weighted by molar-refractivity contribution is 7.22. The molecule has 0 bridgehead atoms. The van der Waals surface area contributed by atoms with Crippen LogP contribution in [0.25, 0.3) is 20.8 Å². The predicted molar refractivity (Wildman–Crippen MR) is 165 cm³/mol. The Morgan fingerprint density at radius 2 is 1.61 bits per heavy atom. The van der Waals surface area contributed by atoms with Crippen LogP contribution in [0.2, 0.25) is 0 Å². The average Bonchev–Trinajstić information content (AvgIpc) is 3.73. The average molecular weight is 616 g/mol. The molecule has 0 atom stereocenters. The molecule has 0 aliphatic heterocycles. The number of amides is 2. The second-order valence-electron chi connectivity index (χ2n) is 10.2. The summed E-state index contributed by atoms with van der Waals surface area (Å²) >= 11 is 1.43. The van der Waals surface area contributed by atoms with Crippen molar-refractivity contribution in [2.45, 2.75) is 12.8 Å². The molecule has 3 heterocycles. The summed E-state index contributed by atoms with van der Waals surface area (Å²) in [6, 6.07) is 16.7. The first-order chi connectivity index (χ1) is 21.3. The molecular weight excluding hydrogens is 588 g/mol. The van der Waals surface area contributed by atoms with Gasteiger partial charge in [-0.1, -0.05) is 0 Å². The zero-order valence-electron chi connectivity index (χ0n) is 23.5. The van der Waals surface area contributed by atoms with Crippen molar-refractivity contribution in [3.63, 3.8) is 0 Å². The number of rotatable bonds is 11. The molecule has 1 aliphatic carbocycles. The fourth-order valence-electron chi connectivity index (χ4n) is 4.56. The van der Waals surface area contributed by atoms with Crippen LogP contribution in [0.1, 0.15) is 12.8 Å². The van der Waals surface area contributed by atoms with E-state index in [9.17, 15) is 14.0 Å². The molecule has 0 spiro atoms. The van der Waals surface area contributed by atoms with E-state index in [0.717, 1.165) is 27.0 Å². The molecule has 224 valence electrons. The number of ether oxygens (including phenoxy) is 2. The van der Waals surface area contributed by atoms with Crippen LogP contribution in [0.5, 0.6) is 11.5 Å². The second-order valence-corrected chi connectivity index (χ2v) is 11.3. The van der Waals surface area contributed by atoms with E-state index in [1.165, 1.54) is 47.7 Å². The van der Waals surface area contributed by atoms with Crippen molar-refractivity contribution >= 4 is 50.4 Å². The normalized spacial score (nSPS) is 13.3. The number of carbonyl (C=O) groups is 2. The highest BCUT2D eigenvalue weighted by Gasteiger charge is 2.56. The number of nitrogens with zero attached hydrogens (tertiary/aromatic N) is 2. The maximum atomic E-state index is 15.2. The number of anilines is 3. The molecular formula is C32H27F2N5O4S. The number of carbonyl (C=O) groups excluding carboxylic acids is 2. The minimum Gasteiger partial charge on any atom is -0.453 e. The first kappa shape index (κ1) is 29.1. The van der Waals surface area contributed by atoms with Crippen LogP contribution < -0.4 is 20.7 Å². The van der Waals surface area contributed by atoms with Crippen molar-refractivity contribution in [3.8, 4) is 22.1 Å². The van der Waals surface area contributed by atoms with E-state index in [1.54, 1.807) is 25.6 Å². The van der Waals surface area contributed by atoms with Gasteiger partial charge in [0.25, 0.3) is 0 Å². The van der Waals surface area contributed by atoms with Gasteiger partial charge >= 0.3 is 0 Å². The summed E-state index contributed by atoms with van der Waals surface area (Å²) in [5.74, 6) is -1.78. The molecule has 6 rings (SSSR count). The summed E-state index contributed by atoms with van der Waals surface area (Å²) in [5, 5.41) is 8.52. The fourth-order valence-corrected chi connectivity index (χ4v) is 5.60. The van der Waals surface area contributed by atoms with Crippen LogP contribution in [0.3, 0.4) is 0 Å². The Bertz CT molecular complexity index is 1830. The number of thiophene rings is 1. The van der Waals surface area contributed by atoms with Gasteiger partial charge in [-0.25, -0.2) is 8.78 Å². The molecule has 0 saturated heterocycles. The quantitative estimate of drug-likeness (QED) is 0.110. The molecule has 12 heteroatoms. The lowest BCUT2D eigenvalue weighted by molar-refractivity contribution is -0.131. The summed E-state index contributed by atoms with van der Waals surface area (Å²) < 4.78 is 40.1. The van der Waals surface area contributed by atoms with E-state index in [1.807, 2.05) is 18.2 Å². The van der Waals surface area contributed by atoms with Gasteiger partial charge in [-0.2, -0.15) is 0 Å². The molecule has 1 fully saturated rings. The van der Waals surface area contributed by atoms with Gasteiger partial charge in [-0.05, 0) is 67.4 Å². The number of methoxy groups -OCH3 is 1. The number of fused-ring (bicyclic) bond motifs is 1. The van der Waals surface area contributed by atoms with Crippen molar-refractivity contribution in [2.75, 3.05) is 36.2 Å². The van der Waals surface area contributed by atoms with E-state index < -0.39 is 28.9 Å². The Balaban J connectivity index is 1.13. The van der Waals surface area contributed by atoms with Gasteiger partial charge in [0.1, 0.15) is 17.0 Å². The monoisotopic (exact) mass is 615 g/mol. The number of nitrogens with one attached hydrogen (secondary N) is 3. The number of benzene rings is 2. The van der Waals surface area contributed by atoms with Crippen LogP contribution in [0, 0.1) is 17.0 Å². The zero-order valence-corrected chi connectivity index (χ0v) is 24.3. The number of aromatic nitrogens is 2. The van der Waals surface area contributed by atoms with Gasteiger partial charge in [-0.3, -0.25) is 19.6 Å². The third kappa shape index (κ3) is 6.21. The molecule has 2 amide bonds. The Labute approximate surface area is 255 Å². The molecule has 3 aromatic heterocycles. The molecule has 3 N–H and O–H groups in total. The Kier molecular flexibility index (Phi) is 8.18. The molecule has 2 aromatic carbocycles. The molecule has 1 saturated carbocycles. The standard InChI is InChI=1S/C32H27F2N5O4S/c1-42-15-14-35-22-6-8-24(37-18-22)28-17-25-29(44-28)27(10-13-36-25)43-26-9-7-21(16-23(26)34)39-31(41)32(11-12-32)30(40)38-20-4-2-19(33)3-5-20/h2-10,13,16-18,35H,11-12,14-15H2,1H3,(H,38,40)(H,39,41). The summed E-state index contributed by atoms with van der Waals surface area (Å²) in [7, 11) is 1.65. The Morgan fingerprint density at radius 3 is 2.30 bits per heavy atom. The molecule has 5 aromatic rings. The minimum absolute atomic E-state index is 0.0368.